The van der Waals surface area contributed by atoms with Crippen LogP contribution >= 0.6 is 0 Å². The van der Waals surface area contributed by atoms with E-state index < -0.39 is 40.1 Å². The topological polar surface area (TPSA) is 110 Å². The molecule has 57 heavy (non-hydrogen) atoms. The summed E-state index contributed by atoms with van der Waals surface area (Å²) in [6, 6.07) is 44.6. The molecule has 0 unspecified atom stereocenters. The van der Waals surface area contributed by atoms with Gasteiger partial charge in [0.1, 0.15) is 0 Å². The molecule has 7 rings (SSSR count). The van der Waals surface area contributed by atoms with Gasteiger partial charge < -0.3 is 0 Å². The minimum atomic E-state index is -1.15. The Morgan fingerprint density at radius 1 is 0.719 bits per heavy atom. The number of aliphatic hydroxyl groups is 1. The van der Waals surface area contributed by atoms with Crippen LogP contribution in [0.3, 0.4) is 0 Å². The number of ether oxygens (including phenoxy) is 5. The number of aromatic nitrogens is 2. The first-order valence-corrected chi connectivity index (χ1v) is 20.9. The van der Waals surface area contributed by atoms with Gasteiger partial charge in [-0.25, -0.2) is 0 Å². The van der Waals surface area contributed by atoms with Crippen LogP contribution in [0.2, 0.25) is 4.82 Å². The summed E-state index contributed by atoms with van der Waals surface area (Å²) in [6.45, 7) is 2.00. The number of rotatable bonds is 16. The van der Waals surface area contributed by atoms with Crippen molar-refractivity contribution in [2.24, 2.45) is 0 Å². The average Bonchev–Trinajstić information content (AvgIpc) is 3.57. The third-order valence-electron chi connectivity index (χ3n) is 10.2. The van der Waals surface area contributed by atoms with Crippen LogP contribution in [0.1, 0.15) is 39.6 Å². The van der Waals surface area contributed by atoms with E-state index in [0.717, 1.165) is 37.9 Å². The van der Waals surface area contributed by atoms with Crippen LogP contribution in [0.4, 0.5) is 0 Å². The average molecular weight is 834 g/mol. The molecule has 0 aliphatic carbocycles. The molecule has 1 aliphatic rings. The summed E-state index contributed by atoms with van der Waals surface area (Å²) in [5, 5.41) is 12.9. The number of hydrogen-bond donors (Lipinski definition) is 1. The summed E-state index contributed by atoms with van der Waals surface area (Å²) in [5.41, 5.74) is 3.51. The number of aliphatic hydroxyl groups excluding tert-OH is 1. The maximum absolute atomic E-state index is 14.1. The summed E-state index contributed by atoms with van der Waals surface area (Å²) in [7, 11) is 3.25. The van der Waals surface area contributed by atoms with Crippen molar-refractivity contribution in [3.63, 3.8) is 0 Å². The fraction of sp³-hybridized carbons (Fsp3) is 0.261. The van der Waals surface area contributed by atoms with Crippen LogP contribution in [0.25, 0.3) is 0 Å². The second-order valence-electron chi connectivity index (χ2n) is 13.9. The van der Waals surface area contributed by atoms with Crippen LogP contribution in [0.5, 0.6) is 11.5 Å². The van der Waals surface area contributed by atoms with Gasteiger partial charge in [-0.05, 0) is 0 Å². The quantitative estimate of drug-likeness (QED) is 0.0874. The minimum absolute atomic E-state index is 0.0314. The molecule has 2 heterocycles. The second-order valence-corrected chi connectivity index (χ2v) is 16.3. The number of aryl methyl sites for hydroxylation is 1. The van der Waals surface area contributed by atoms with Gasteiger partial charge in [-0.3, -0.25) is 0 Å². The van der Waals surface area contributed by atoms with Gasteiger partial charge in [-0.2, -0.15) is 0 Å². The molecule has 294 valence electrons. The zero-order valence-electron chi connectivity index (χ0n) is 32.1. The standard InChI is InChI=1S/C46H46N2O8Se/c1-32-14-16-34(17-15-32)30-57-43-42(50)40(56-44(43)47-27-26-41(49)48(45(47)51)31-54-28-33-10-6-4-7-11-33)29-55-46(35-12-8-5-9-13-35,36-18-22-38(52-2)23-19-36)37-20-24-39(53-3)25-21-37/h4-27,40,42-44,50H,28-31H2,1-3H3/t40-,42-,43-,44-/m1/s1. The predicted molar refractivity (Wildman–Crippen MR) is 219 cm³/mol. The molecule has 0 amide bonds. The Morgan fingerprint density at radius 3 is 1.89 bits per heavy atom. The summed E-state index contributed by atoms with van der Waals surface area (Å²) >= 11 is -0.235. The Bertz CT molecular complexity index is 2270. The SMILES string of the molecule is COc1ccc(C(OC[C@H]2O[C@@H](n3ccc(=O)n(COCc4ccccc4)c3=O)[C@H]([Se]Cc3ccc(C)cc3)[C@@H]2O)(c2ccccc2)c2ccc(OC)cc2)cc1. The van der Waals surface area contributed by atoms with E-state index in [0.29, 0.717) is 16.8 Å². The molecule has 0 saturated carbocycles. The monoisotopic (exact) mass is 834 g/mol. The van der Waals surface area contributed by atoms with E-state index in [9.17, 15) is 14.7 Å². The van der Waals surface area contributed by atoms with Gasteiger partial charge in [0.05, 0.1) is 0 Å². The molecule has 11 heteroatoms. The summed E-state index contributed by atoms with van der Waals surface area (Å²) in [5.74, 6) is 1.40. The predicted octanol–water partition coefficient (Wildman–Crippen LogP) is 6.47. The van der Waals surface area contributed by atoms with Crippen LogP contribution in [-0.2, 0) is 38.5 Å². The normalized spacial score (nSPS) is 18.0. The van der Waals surface area contributed by atoms with Crippen LogP contribution in [0.15, 0.2) is 155 Å². The van der Waals surface area contributed by atoms with E-state index >= 15 is 0 Å². The van der Waals surface area contributed by atoms with Crippen molar-refractivity contribution in [2.75, 3.05) is 20.8 Å². The van der Waals surface area contributed by atoms with Crippen molar-refractivity contribution >= 4 is 15.0 Å². The Hall–Kier alpha value is -5.26. The first-order valence-electron chi connectivity index (χ1n) is 18.7. The number of methoxy groups -OCH3 is 2. The van der Waals surface area contributed by atoms with Gasteiger partial charge in [0.25, 0.3) is 0 Å². The van der Waals surface area contributed by atoms with Crippen molar-refractivity contribution in [3.8, 4) is 11.5 Å². The molecular weight excluding hydrogens is 787 g/mol. The zero-order valence-corrected chi connectivity index (χ0v) is 33.8. The molecule has 6 aromatic rings. The molecule has 1 aromatic heterocycles. The van der Waals surface area contributed by atoms with Crippen molar-refractivity contribution in [1.82, 2.24) is 9.13 Å². The molecule has 1 N–H and O–H groups in total. The van der Waals surface area contributed by atoms with Gasteiger partial charge in [-0.1, -0.05) is 0 Å². The Balaban J connectivity index is 1.24. The first-order chi connectivity index (χ1) is 27.8. The van der Waals surface area contributed by atoms with Crippen molar-refractivity contribution in [2.45, 2.75) is 54.4 Å². The third-order valence-corrected chi connectivity index (χ3v) is 13.1. The molecule has 10 nitrogen and oxygen atoms in total. The van der Waals surface area contributed by atoms with Gasteiger partial charge in [-0.15, -0.1) is 0 Å². The van der Waals surface area contributed by atoms with E-state index in [2.05, 4.69) is 24.3 Å². The number of benzene rings is 5. The van der Waals surface area contributed by atoms with E-state index in [1.54, 1.807) is 14.2 Å². The van der Waals surface area contributed by atoms with Gasteiger partial charge in [0.2, 0.25) is 0 Å². The van der Waals surface area contributed by atoms with Crippen molar-refractivity contribution < 1.29 is 28.8 Å². The van der Waals surface area contributed by atoms with E-state index in [1.807, 2.05) is 116 Å². The fourth-order valence-corrected chi connectivity index (χ4v) is 9.84. The molecule has 0 radical (unpaired) electrons. The summed E-state index contributed by atoms with van der Waals surface area (Å²) in [6.07, 6.45) is -1.25. The molecule has 4 atom stereocenters. The summed E-state index contributed by atoms with van der Waals surface area (Å²) in [4.78, 5) is 26.7. The molecule has 1 saturated heterocycles. The molecular formula is C46H46N2O8Se. The summed E-state index contributed by atoms with van der Waals surface area (Å²) < 4.78 is 33.2. The molecule has 1 aliphatic heterocycles. The third kappa shape index (κ3) is 8.84. The van der Waals surface area contributed by atoms with E-state index in [1.165, 1.54) is 16.8 Å². The van der Waals surface area contributed by atoms with Crippen molar-refractivity contribution in [3.05, 3.63) is 200 Å². The van der Waals surface area contributed by atoms with Crippen molar-refractivity contribution in [1.29, 1.82) is 0 Å². The Morgan fingerprint density at radius 2 is 1.30 bits per heavy atom. The first kappa shape index (κ1) is 40.0. The zero-order chi connectivity index (χ0) is 39.8. The molecule has 5 aromatic carbocycles. The molecule has 0 spiro atoms. The number of nitrogens with zero attached hydrogens (tertiary/aromatic N) is 2. The van der Waals surface area contributed by atoms with Crippen LogP contribution in [-0.4, -0.2) is 62.2 Å². The number of hydrogen-bond acceptors (Lipinski definition) is 8. The molecule has 1 fully saturated rings. The van der Waals surface area contributed by atoms with E-state index in [-0.39, 0.29) is 34.9 Å². The van der Waals surface area contributed by atoms with Gasteiger partial charge >= 0.3 is 340 Å². The second kappa shape index (κ2) is 18.3. The van der Waals surface area contributed by atoms with Gasteiger partial charge in [0.15, 0.2) is 0 Å². The van der Waals surface area contributed by atoms with Crippen LogP contribution in [0, 0.1) is 6.92 Å². The molecule has 0 bridgehead atoms. The van der Waals surface area contributed by atoms with Gasteiger partial charge in [0, 0.05) is 0 Å². The maximum atomic E-state index is 14.1. The Labute approximate surface area is 338 Å². The Kier molecular flexibility index (Phi) is 12.9. The fourth-order valence-electron chi connectivity index (χ4n) is 7.09. The van der Waals surface area contributed by atoms with Crippen LogP contribution < -0.4 is 20.7 Å². The van der Waals surface area contributed by atoms with E-state index in [4.69, 9.17) is 23.7 Å².